The highest BCUT2D eigenvalue weighted by molar-refractivity contribution is 5.84. The molecule has 2 rings (SSSR count). The number of carboxylic acids is 1. The first-order chi connectivity index (χ1) is 7.61. The number of aryl methyl sites for hydroxylation is 1. The first-order valence-corrected chi connectivity index (χ1v) is 4.98. The fraction of sp³-hybridized carbons (Fsp3) is 0.167. The number of nitrogens with zero attached hydrogens (tertiary/aromatic N) is 2. The SMILES string of the molecule is Cc1cc(C(=O)O)[n+](-c2ccccc2)n1C. The summed E-state index contributed by atoms with van der Waals surface area (Å²) in [6.07, 6.45) is 0. The minimum Gasteiger partial charge on any atom is -0.473 e. The van der Waals surface area contributed by atoms with Crippen molar-refractivity contribution < 1.29 is 14.6 Å². The van der Waals surface area contributed by atoms with Crippen LogP contribution in [0.15, 0.2) is 36.4 Å². The number of aromatic nitrogens is 2. The molecule has 0 fully saturated rings. The molecule has 1 heterocycles. The molecule has 4 nitrogen and oxygen atoms in total. The lowest BCUT2D eigenvalue weighted by molar-refractivity contribution is -0.685. The molecule has 0 aliphatic heterocycles. The van der Waals surface area contributed by atoms with Gasteiger partial charge in [-0.2, -0.15) is 4.68 Å². The van der Waals surface area contributed by atoms with Gasteiger partial charge in [0.25, 0.3) is 0 Å². The van der Waals surface area contributed by atoms with Crippen molar-refractivity contribution in [3.63, 3.8) is 0 Å². The van der Waals surface area contributed by atoms with Gasteiger partial charge in [-0.1, -0.05) is 22.9 Å². The van der Waals surface area contributed by atoms with Crippen molar-refractivity contribution in [2.24, 2.45) is 7.05 Å². The summed E-state index contributed by atoms with van der Waals surface area (Å²) in [5.41, 5.74) is 2.02. The second-order valence-corrected chi connectivity index (χ2v) is 3.65. The number of hydrogen-bond donors (Lipinski definition) is 1. The number of carboxylic acid groups (broad SMARTS) is 1. The molecule has 0 amide bonds. The largest absolute Gasteiger partial charge is 0.473 e. The maximum absolute atomic E-state index is 11.1. The van der Waals surface area contributed by atoms with E-state index < -0.39 is 5.97 Å². The van der Waals surface area contributed by atoms with E-state index in [4.69, 9.17) is 5.11 Å². The molecule has 1 aromatic carbocycles. The van der Waals surface area contributed by atoms with Gasteiger partial charge in [-0.3, -0.25) is 0 Å². The Kier molecular flexibility index (Phi) is 2.48. The van der Waals surface area contributed by atoms with E-state index in [0.717, 1.165) is 11.4 Å². The second-order valence-electron chi connectivity index (χ2n) is 3.65. The smallest absolute Gasteiger partial charge is 0.404 e. The summed E-state index contributed by atoms with van der Waals surface area (Å²) in [7, 11) is 1.84. The molecule has 0 bridgehead atoms. The number of para-hydroxylation sites is 1. The topological polar surface area (TPSA) is 46.1 Å². The van der Waals surface area contributed by atoms with Crippen molar-refractivity contribution in [3.05, 3.63) is 47.8 Å². The standard InChI is InChI=1S/C12H12N2O2/c1-9-8-11(12(15)16)14(13(9)2)10-6-4-3-5-7-10/h3-8H,1-2H3/p+1. The Morgan fingerprint density at radius 2 is 1.94 bits per heavy atom. The Bertz CT molecular complexity index is 529. The van der Waals surface area contributed by atoms with Crippen LogP contribution in [0.1, 0.15) is 16.2 Å². The van der Waals surface area contributed by atoms with E-state index in [0.29, 0.717) is 0 Å². The van der Waals surface area contributed by atoms with Crippen LogP contribution < -0.4 is 4.68 Å². The fourth-order valence-electron chi connectivity index (χ4n) is 1.71. The molecule has 0 aliphatic carbocycles. The quantitative estimate of drug-likeness (QED) is 0.771. The summed E-state index contributed by atoms with van der Waals surface area (Å²) in [6, 6.07) is 11.1. The van der Waals surface area contributed by atoms with Crippen LogP contribution in [0.4, 0.5) is 0 Å². The van der Waals surface area contributed by atoms with Crippen LogP contribution in [0.3, 0.4) is 0 Å². The molecule has 2 aromatic rings. The van der Waals surface area contributed by atoms with Gasteiger partial charge in [0.05, 0.1) is 12.7 Å². The van der Waals surface area contributed by atoms with Gasteiger partial charge in [0, 0.05) is 18.2 Å². The molecule has 1 N–H and O–H groups in total. The molecule has 1 aromatic heterocycles. The summed E-state index contributed by atoms with van der Waals surface area (Å²) in [4.78, 5) is 11.1. The molecule has 4 heteroatoms. The zero-order valence-electron chi connectivity index (χ0n) is 9.21. The second kappa shape index (κ2) is 3.81. The van der Waals surface area contributed by atoms with Gasteiger partial charge in [0.2, 0.25) is 5.69 Å². The number of benzene rings is 1. The maximum Gasteiger partial charge on any atom is 0.404 e. The Hall–Kier alpha value is -2.10. The Balaban J connectivity index is 2.68. The van der Waals surface area contributed by atoms with Gasteiger partial charge in [-0.25, -0.2) is 4.79 Å². The van der Waals surface area contributed by atoms with Crippen LogP contribution in [-0.4, -0.2) is 15.8 Å². The predicted octanol–water partition coefficient (Wildman–Crippen LogP) is 1.31. The average Bonchev–Trinajstić information content (AvgIpc) is 2.57. The van der Waals surface area contributed by atoms with Crippen LogP contribution in [0.5, 0.6) is 0 Å². The van der Waals surface area contributed by atoms with Gasteiger partial charge in [-0.05, 0) is 6.92 Å². The van der Waals surface area contributed by atoms with Crippen molar-refractivity contribution in [1.82, 2.24) is 4.68 Å². The monoisotopic (exact) mass is 217 g/mol. The van der Waals surface area contributed by atoms with Crippen LogP contribution in [0.2, 0.25) is 0 Å². The van der Waals surface area contributed by atoms with E-state index in [1.54, 1.807) is 10.7 Å². The van der Waals surface area contributed by atoms with Crippen molar-refractivity contribution in [1.29, 1.82) is 0 Å². The number of aromatic carboxylic acids is 1. The van der Waals surface area contributed by atoms with Crippen LogP contribution in [0, 0.1) is 6.92 Å². The molecular weight excluding hydrogens is 204 g/mol. The number of carbonyl (C=O) groups is 1. The van der Waals surface area contributed by atoms with E-state index >= 15 is 0 Å². The Morgan fingerprint density at radius 3 is 2.50 bits per heavy atom. The molecule has 0 radical (unpaired) electrons. The van der Waals surface area contributed by atoms with Crippen LogP contribution >= 0.6 is 0 Å². The summed E-state index contributed by atoms with van der Waals surface area (Å²) in [6.45, 7) is 1.88. The predicted molar refractivity (Wildman–Crippen MR) is 58.6 cm³/mol. The van der Waals surface area contributed by atoms with E-state index in [9.17, 15) is 4.79 Å². The lowest BCUT2D eigenvalue weighted by Crippen LogP contribution is -2.44. The minimum absolute atomic E-state index is 0.270. The lowest BCUT2D eigenvalue weighted by Gasteiger charge is -1.98. The Morgan fingerprint density at radius 1 is 1.31 bits per heavy atom. The minimum atomic E-state index is -0.924. The molecule has 0 atom stereocenters. The van der Waals surface area contributed by atoms with Crippen molar-refractivity contribution in [2.75, 3.05) is 0 Å². The van der Waals surface area contributed by atoms with Gasteiger partial charge >= 0.3 is 11.7 Å². The van der Waals surface area contributed by atoms with Gasteiger partial charge < -0.3 is 5.11 Å². The highest BCUT2D eigenvalue weighted by atomic mass is 16.4. The molecule has 0 aliphatic rings. The third-order valence-corrected chi connectivity index (χ3v) is 2.60. The highest BCUT2D eigenvalue weighted by Crippen LogP contribution is 2.05. The zero-order valence-corrected chi connectivity index (χ0v) is 9.21. The number of rotatable bonds is 2. The molecule has 82 valence electrons. The third-order valence-electron chi connectivity index (χ3n) is 2.60. The Labute approximate surface area is 93.4 Å². The molecule has 0 unspecified atom stereocenters. The van der Waals surface area contributed by atoms with E-state index in [-0.39, 0.29) is 5.69 Å². The molecule has 16 heavy (non-hydrogen) atoms. The fourth-order valence-corrected chi connectivity index (χ4v) is 1.71. The first-order valence-electron chi connectivity index (χ1n) is 4.98. The van der Waals surface area contributed by atoms with Crippen molar-refractivity contribution in [2.45, 2.75) is 6.92 Å². The van der Waals surface area contributed by atoms with Gasteiger partial charge in [0.1, 0.15) is 0 Å². The molecular formula is C12H13N2O2+. The highest BCUT2D eigenvalue weighted by Gasteiger charge is 2.26. The van der Waals surface area contributed by atoms with E-state index in [1.165, 1.54) is 0 Å². The normalized spacial score (nSPS) is 10.4. The summed E-state index contributed by atoms with van der Waals surface area (Å²) < 4.78 is 3.50. The van der Waals surface area contributed by atoms with Crippen molar-refractivity contribution >= 4 is 5.97 Å². The number of hydrogen-bond acceptors (Lipinski definition) is 1. The summed E-state index contributed by atoms with van der Waals surface area (Å²) in [5.74, 6) is -0.924. The van der Waals surface area contributed by atoms with E-state index in [1.807, 2.05) is 49.0 Å². The van der Waals surface area contributed by atoms with Crippen LogP contribution in [-0.2, 0) is 7.05 Å². The lowest BCUT2D eigenvalue weighted by atomic mass is 10.3. The summed E-state index contributed by atoms with van der Waals surface area (Å²) >= 11 is 0. The maximum atomic E-state index is 11.1. The first kappa shape index (κ1) is 10.4. The van der Waals surface area contributed by atoms with Gasteiger partial charge in [0.15, 0.2) is 0 Å². The van der Waals surface area contributed by atoms with Crippen LogP contribution in [0.25, 0.3) is 5.69 Å². The molecule has 0 saturated heterocycles. The van der Waals surface area contributed by atoms with Gasteiger partial charge in [-0.15, -0.1) is 0 Å². The molecule has 0 spiro atoms. The average molecular weight is 217 g/mol. The van der Waals surface area contributed by atoms with Crippen molar-refractivity contribution in [3.8, 4) is 5.69 Å². The third kappa shape index (κ3) is 1.58. The molecule has 0 saturated carbocycles. The van der Waals surface area contributed by atoms with E-state index in [2.05, 4.69) is 0 Å². The summed E-state index contributed by atoms with van der Waals surface area (Å²) in [5, 5.41) is 9.13. The zero-order chi connectivity index (χ0) is 11.7.